The van der Waals surface area contributed by atoms with E-state index in [2.05, 4.69) is 28.4 Å². The van der Waals surface area contributed by atoms with Crippen molar-refractivity contribution in [2.24, 2.45) is 0 Å². The Kier molecular flexibility index (Phi) is 7.02. The Morgan fingerprint density at radius 1 is 1.13 bits per heavy atom. The van der Waals surface area contributed by atoms with Crippen LogP contribution in [0.15, 0.2) is 30.3 Å². The molecule has 0 saturated carbocycles. The highest BCUT2D eigenvalue weighted by Crippen LogP contribution is 2.39. The summed E-state index contributed by atoms with van der Waals surface area (Å²) >= 11 is 0. The quantitative estimate of drug-likeness (QED) is 0.235. The molecule has 0 unspecified atom stereocenters. The van der Waals surface area contributed by atoms with Gasteiger partial charge < -0.3 is 14.0 Å². The Morgan fingerprint density at radius 2 is 2.03 bits per heavy atom. The van der Waals surface area contributed by atoms with Crippen LogP contribution in [0.5, 0.6) is 5.75 Å². The number of H-pyrrole nitrogens is 1. The number of benzene rings is 2. The highest BCUT2D eigenvalue weighted by molar-refractivity contribution is 6.02. The molecule has 2 aliphatic rings. The van der Waals surface area contributed by atoms with Crippen LogP contribution < -0.4 is 4.74 Å². The maximum atomic E-state index is 15.6. The Morgan fingerprint density at radius 3 is 2.92 bits per heavy atom. The number of aromatic amines is 1. The lowest BCUT2D eigenvalue weighted by Crippen LogP contribution is -2.08. The molecule has 1 aliphatic carbocycles. The predicted octanol–water partition coefficient (Wildman–Crippen LogP) is 6.49. The zero-order valence-electron chi connectivity index (χ0n) is 21.9. The molecule has 0 fully saturated rings. The Balaban J connectivity index is 1.36. The average Bonchev–Trinajstić information content (AvgIpc) is 3.43. The molecule has 2 aromatic carbocycles. The fraction of sp³-hybridized carbons (Fsp3) is 0.419. The summed E-state index contributed by atoms with van der Waals surface area (Å²) in [5.41, 5.74) is 7.83. The number of nitrogens with zero attached hydrogens (tertiary/aromatic N) is 2. The van der Waals surface area contributed by atoms with Gasteiger partial charge in [0.05, 0.1) is 30.1 Å². The van der Waals surface area contributed by atoms with Crippen molar-refractivity contribution in [3.63, 3.8) is 0 Å². The van der Waals surface area contributed by atoms with Crippen LogP contribution in [0, 0.1) is 12.7 Å². The van der Waals surface area contributed by atoms with E-state index in [0.29, 0.717) is 49.7 Å². The molecular weight excluding hydrogens is 481 g/mol. The second kappa shape index (κ2) is 10.7. The standard InChI is InChI=1S/C31H34FN3O3/c1-20-29-26(34-33-20)19-37-16-5-4-15-35-27(18-36)23(24-13-14-25(32)30(29)31(24)35)11-7-17-38-28-12-6-9-21-8-2-3-10-22(21)28/h6,9,12-14,18H,2-5,7-8,10-11,15-17,19H2,1H3,(H,33,34). The van der Waals surface area contributed by atoms with Gasteiger partial charge in [0.2, 0.25) is 0 Å². The Labute approximate surface area is 222 Å². The molecule has 0 radical (unpaired) electrons. The van der Waals surface area contributed by atoms with Crippen molar-refractivity contribution in [2.75, 3.05) is 13.2 Å². The first-order valence-corrected chi connectivity index (χ1v) is 13.8. The van der Waals surface area contributed by atoms with Crippen molar-refractivity contribution in [3.8, 4) is 16.9 Å². The molecule has 0 amide bonds. The molecule has 0 bridgehead atoms. The van der Waals surface area contributed by atoms with Gasteiger partial charge >= 0.3 is 0 Å². The number of carbonyl (C=O) groups is 1. The maximum Gasteiger partial charge on any atom is 0.166 e. The number of carbonyl (C=O) groups excluding carboxylic acids is 1. The van der Waals surface area contributed by atoms with Crippen molar-refractivity contribution in [2.45, 2.75) is 71.4 Å². The van der Waals surface area contributed by atoms with Crippen LogP contribution in [-0.2, 0) is 37.2 Å². The van der Waals surface area contributed by atoms with Crippen molar-refractivity contribution in [1.29, 1.82) is 0 Å². The van der Waals surface area contributed by atoms with Gasteiger partial charge in [-0.25, -0.2) is 4.39 Å². The highest BCUT2D eigenvalue weighted by Gasteiger charge is 2.26. The van der Waals surface area contributed by atoms with Crippen LogP contribution in [0.4, 0.5) is 4.39 Å². The lowest BCUT2D eigenvalue weighted by molar-refractivity contribution is 0.111. The molecule has 6 nitrogen and oxygen atoms in total. The molecule has 3 heterocycles. The van der Waals surface area contributed by atoms with Gasteiger partial charge in [-0.05, 0) is 93.2 Å². The van der Waals surface area contributed by atoms with Gasteiger partial charge in [-0.1, -0.05) is 12.1 Å². The van der Waals surface area contributed by atoms with Crippen molar-refractivity contribution < 1.29 is 18.7 Å². The number of aryl methyl sites for hydroxylation is 4. The van der Waals surface area contributed by atoms with Gasteiger partial charge in [0.15, 0.2) is 6.29 Å². The minimum atomic E-state index is -0.317. The Bertz CT molecular complexity index is 1490. The molecule has 1 N–H and O–H groups in total. The van der Waals surface area contributed by atoms with E-state index in [4.69, 9.17) is 9.47 Å². The van der Waals surface area contributed by atoms with Gasteiger partial charge in [-0.2, -0.15) is 5.10 Å². The van der Waals surface area contributed by atoms with E-state index in [1.165, 1.54) is 30.0 Å². The van der Waals surface area contributed by atoms with Crippen molar-refractivity contribution in [1.82, 2.24) is 14.8 Å². The van der Waals surface area contributed by atoms with Gasteiger partial charge in [0, 0.05) is 35.4 Å². The van der Waals surface area contributed by atoms with Crippen LogP contribution >= 0.6 is 0 Å². The first kappa shape index (κ1) is 24.9. The molecule has 0 saturated heterocycles. The number of hydrogen-bond donors (Lipinski definition) is 1. The maximum absolute atomic E-state index is 15.6. The summed E-state index contributed by atoms with van der Waals surface area (Å²) in [5, 5.41) is 8.36. The first-order chi connectivity index (χ1) is 18.7. The van der Waals surface area contributed by atoms with E-state index in [1.54, 1.807) is 0 Å². The zero-order chi connectivity index (χ0) is 26.1. The number of rotatable bonds is 6. The molecule has 198 valence electrons. The summed E-state index contributed by atoms with van der Waals surface area (Å²) < 4.78 is 29.7. The van der Waals surface area contributed by atoms with Crippen LogP contribution in [0.2, 0.25) is 0 Å². The monoisotopic (exact) mass is 515 g/mol. The van der Waals surface area contributed by atoms with Gasteiger partial charge in [-0.3, -0.25) is 9.89 Å². The topological polar surface area (TPSA) is 69.1 Å². The third kappa shape index (κ3) is 4.43. The smallest absolute Gasteiger partial charge is 0.166 e. The van der Waals surface area contributed by atoms with E-state index in [-0.39, 0.29) is 5.82 Å². The molecule has 0 spiro atoms. The summed E-state index contributed by atoms with van der Waals surface area (Å²) in [6, 6.07) is 9.71. The van der Waals surface area contributed by atoms with Gasteiger partial charge in [-0.15, -0.1) is 0 Å². The van der Waals surface area contributed by atoms with E-state index in [9.17, 15) is 4.79 Å². The van der Waals surface area contributed by atoms with Crippen molar-refractivity contribution >= 4 is 17.2 Å². The van der Waals surface area contributed by atoms with E-state index in [0.717, 1.165) is 71.9 Å². The molecule has 6 rings (SSSR count). The molecule has 0 atom stereocenters. The predicted molar refractivity (Wildman–Crippen MR) is 145 cm³/mol. The Hall–Kier alpha value is -3.45. The van der Waals surface area contributed by atoms with E-state index >= 15 is 4.39 Å². The third-order valence-corrected chi connectivity index (χ3v) is 8.05. The van der Waals surface area contributed by atoms with Gasteiger partial charge in [0.25, 0.3) is 0 Å². The number of ether oxygens (including phenoxy) is 2. The molecule has 2 aromatic heterocycles. The molecule has 38 heavy (non-hydrogen) atoms. The average molecular weight is 516 g/mol. The second-order valence-corrected chi connectivity index (χ2v) is 10.4. The number of aromatic nitrogens is 3. The van der Waals surface area contributed by atoms with Crippen LogP contribution in [-0.4, -0.2) is 34.3 Å². The summed E-state index contributed by atoms with van der Waals surface area (Å²) in [4.78, 5) is 12.5. The summed E-state index contributed by atoms with van der Waals surface area (Å²) in [6.07, 6.45) is 8.71. The molecular formula is C31H34FN3O3. The first-order valence-electron chi connectivity index (χ1n) is 13.8. The molecule has 7 heteroatoms. The normalized spacial score (nSPS) is 15.5. The van der Waals surface area contributed by atoms with E-state index in [1.807, 2.05) is 17.6 Å². The minimum absolute atomic E-state index is 0.317. The number of nitrogens with one attached hydrogen (secondary N) is 1. The molecule has 4 aromatic rings. The highest BCUT2D eigenvalue weighted by atomic mass is 19.1. The lowest BCUT2D eigenvalue weighted by atomic mass is 9.91. The number of hydrogen-bond acceptors (Lipinski definition) is 4. The third-order valence-electron chi connectivity index (χ3n) is 8.05. The molecule has 1 aliphatic heterocycles. The summed E-state index contributed by atoms with van der Waals surface area (Å²) in [7, 11) is 0. The summed E-state index contributed by atoms with van der Waals surface area (Å²) in [6.45, 7) is 4.02. The number of halogens is 1. The lowest BCUT2D eigenvalue weighted by Gasteiger charge is -2.19. The van der Waals surface area contributed by atoms with Crippen molar-refractivity contribution in [3.05, 3.63) is 69.9 Å². The fourth-order valence-corrected chi connectivity index (χ4v) is 6.25. The minimum Gasteiger partial charge on any atom is -0.493 e. The number of aldehydes is 1. The van der Waals surface area contributed by atoms with E-state index < -0.39 is 0 Å². The number of fused-ring (bicyclic) bond motifs is 3. The van der Waals surface area contributed by atoms with Gasteiger partial charge in [0.1, 0.15) is 11.6 Å². The largest absolute Gasteiger partial charge is 0.493 e. The van der Waals surface area contributed by atoms with Crippen LogP contribution in [0.25, 0.3) is 22.0 Å². The fourth-order valence-electron chi connectivity index (χ4n) is 6.25. The second-order valence-electron chi connectivity index (χ2n) is 10.4. The van der Waals surface area contributed by atoms with Crippen LogP contribution in [0.3, 0.4) is 0 Å². The summed E-state index contributed by atoms with van der Waals surface area (Å²) in [5.74, 6) is 0.673. The van der Waals surface area contributed by atoms with Crippen LogP contribution in [0.1, 0.15) is 70.7 Å². The SMILES string of the molecule is Cc1[nH]nc2c1-c1c(F)ccc3c(CCCOc4cccc5c4CCCC5)c(C=O)n(c13)CCCCOC2. The zero-order valence-corrected chi connectivity index (χ0v) is 21.9.